The van der Waals surface area contributed by atoms with Crippen LogP contribution in [-0.4, -0.2) is 65.1 Å². The van der Waals surface area contributed by atoms with Crippen LogP contribution < -0.4 is 5.73 Å². The highest BCUT2D eigenvalue weighted by molar-refractivity contribution is 6.00. The predicted molar refractivity (Wildman–Crippen MR) is 289 cm³/mol. The van der Waals surface area contributed by atoms with Crippen molar-refractivity contribution in [3.8, 4) is 0 Å². The molecule has 16 unspecified atom stereocenters. The molecule has 16 atom stereocenters. The van der Waals surface area contributed by atoms with Gasteiger partial charge in [-0.1, -0.05) is 92.9 Å². The van der Waals surface area contributed by atoms with E-state index < -0.39 is 16.4 Å². The number of hydrogen-bond donors (Lipinski definition) is 2. The van der Waals surface area contributed by atoms with Crippen molar-refractivity contribution in [1.29, 1.82) is 0 Å². The Morgan fingerprint density at radius 2 is 1.61 bits per heavy atom. The van der Waals surface area contributed by atoms with E-state index in [1.54, 1.807) is 22.4 Å². The molecule has 0 radical (unpaired) electrons. The molecule has 9 aliphatic heterocycles. The van der Waals surface area contributed by atoms with Gasteiger partial charge in [-0.25, -0.2) is 4.79 Å². The minimum Gasteiger partial charge on any atom is -0.509 e. The van der Waals surface area contributed by atoms with Gasteiger partial charge in [-0.3, -0.25) is 9.69 Å². The summed E-state index contributed by atoms with van der Waals surface area (Å²) in [7, 11) is 0. The van der Waals surface area contributed by atoms with Crippen molar-refractivity contribution in [3.05, 3.63) is 80.5 Å². The van der Waals surface area contributed by atoms with Crippen LogP contribution in [-0.2, 0) is 26.3 Å². The predicted octanol–water partition coefficient (Wildman–Crippen LogP) is 13.3. The average molecular weight is 1010 g/mol. The standard InChI is InChI=1S/C67H87N3O5/c1-39-29-44-17-18-51-47-30-40-36-69(38-47)52(45-14-8-23-63(34-45)25-10-24-62(63)21-5-6-22-62)33-53(71)59-65-27-20-48-56-49-35-64(39,57(48)58(44)70(51)37-40)26-19-43(49)31-46(41-11-3-2-4-12-41)32-54(66(56,65)61(73)74-59)67(65)50-16-7-13-42(15-9-28-68)55(50)60(72)75-67/h7,13,16,31,39-41,45-47,49,51-52,54,57,71H,2-6,8-12,14-15,17-30,32-38,68H2,1H3. The first-order valence-corrected chi connectivity index (χ1v) is 32.0. The molecule has 8 nitrogen and oxygen atoms in total. The first-order chi connectivity index (χ1) is 36.6. The summed E-state index contributed by atoms with van der Waals surface area (Å²) in [5.41, 5.74) is 14.9. The first kappa shape index (κ1) is 46.5. The van der Waals surface area contributed by atoms with Crippen LogP contribution in [0, 0.1) is 80.3 Å². The normalized spacial score (nSPS) is 47.4. The fourth-order valence-corrected chi connectivity index (χ4v) is 25.2. The lowest BCUT2D eigenvalue weighted by atomic mass is 9.26. The van der Waals surface area contributed by atoms with E-state index >= 15 is 9.59 Å². The van der Waals surface area contributed by atoms with Crippen molar-refractivity contribution in [2.45, 2.75) is 211 Å². The lowest BCUT2D eigenvalue weighted by Crippen LogP contribution is -2.78. The minimum absolute atomic E-state index is 0.117. The molecule has 6 saturated carbocycles. The fraction of sp³-hybridized carbons (Fsp3) is 0.761. The van der Waals surface area contributed by atoms with Gasteiger partial charge in [0.2, 0.25) is 0 Å². The molecule has 8 heteroatoms. The number of ether oxygens (including phenoxy) is 2. The molecule has 3 saturated heterocycles. The summed E-state index contributed by atoms with van der Waals surface area (Å²) < 4.78 is 14.9. The zero-order chi connectivity index (χ0) is 50.0. The van der Waals surface area contributed by atoms with Gasteiger partial charge in [0.15, 0.2) is 11.4 Å². The molecular weight excluding hydrogens is 927 g/mol. The number of rotatable bonds is 5. The van der Waals surface area contributed by atoms with Crippen molar-refractivity contribution >= 4 is 11.9 Å². The third-order valence-electron chi connectivity index (χ3n) is 27.6. The van der Waals surface area contributed by atoms with E-state index in [1.807, 2.05) is 0 Å². The van der Waals surface area contributed by atoms with Gasteiger partial charge in [-0.05, 0) is 204 Å². The van der Waals surface area contributed by atoms with Gasteiger partial charge in [-0.2, -0.15) is 0 Å². The van der Waals surface area contributed by atoms with Crippen molar-refractivity contribution in [2.75, 3.05) is 26.2 Å². The van der Waals surface area contributed by atoms with Crippen molar-refractivity contribution in [1.82, 2.24) is 9.80 Å². The first-order valence-electron chi connectivity index (χ1n) is 32.0. The van der Waals surface area contributed by atoms with Gasteiger partial charge in [0.25, 0.3) is 0 Å². The van der Waals surface area contributed by atoms with E-state index in [4.69, 9.17) is 15.2 Å². The highest BCUT2D eigenvalue weighted by atomic mass is 16.6. The van der Waals surface area contributed by atoms with Crippen molar-refractivity contribution < 1.29 is 24.2 Å². The number of aliphatic hydroxyl groups is 1. The number of benzene rings is 1. The Kier molecular flexibility index (Phi) is 9.89. The molecule has 75 heavy (non-hydrogen) atoms. The Labute approximate surface area is 447 Å². The van der Waals surface area contributed by atoms with Crippen LogP contribution >= 0.6 is 0 Å². The molecule has 3 N–H and O–H groups in total. The third-order valence-corrected chi connectivity index (χ3v) is 27.6. The molecule has 20 rings (SSSR count). The topological polar surface area (TPSA) is 105 Å². The second-order valence-electron chi connectivity index (χ2n) is 29.6. The van der Waals surface area contributed by atoms with E-state index in [2.05, 4.69) is 41.0 Å². The zero-order valence-electron chi connectivity index (χ0n) is 45.5. The van der Waals surface area contributed by atoms with Gasteiger partial charge in [-0.15, -0.1) is 0 Å². The van der Waals surface area contributed by atoms with Gasteiger partial charge in [0.1, 0.15) is 11.2 Å². The van der Waals surface area contributed by atoms with E-state index in [0.29, 0.717) is 101 Å². The van der Waals surface area contributed by atoms with Gasteiger partial charge in [0, 0.05) is 67.2 Å². The molecule has 6 spiro atoms. The summed E-state index contributed by atoms with van der Waals surface area (Å²) in [5.74, 6) is 3.80. The van der Waals surface area contributed by atoms with Crippen molar-refractivity contribution in [2.24, 2.45) is 86.1 Å². The molecule has 0 aromatic heterocycles. The quantitative estimate of drug-likeness (QED) is 0.222. The summed E-state index contributed by atoms with van der Waals surface area (Å²) in [4.78, 5) is 38.3. The molecule has 1 aromatic carbocycles. The Balaban J connectivity index is 0.933. The van der Waals surface area contributed by atoms with Crippen LogP contribution in [0.25, 0.3) is 0 Å². The molecule has 10 aliphatic carbocycles. The Morgan fingerprint density at radius 1 is 0.787 bits per heavy atom. The number of aliphatic hydroxyl groups excluding tert-OH is 1. The Hall–Kier alpha value is -3.36. The smallest absolute Gasteiger partial charge is 0.339 e. The lowest BCUT2D eigenvalue weighted by Gasteiger charge is -2.74. The number of allylic oxidation sites excluding steroid dienone is 4. The summed E-state index contributed by atoms with van der Waals surface area (Å²) in [5, 5.41) is 14.0. The summed E-state index contributed by atoms with van der Waals surface area (Å²) in [6.07, 6.45) is 37.0. The van der Waals surface area contributed by atoms with Crippen LogP contribution in [0.1, 0.15) is 208 Å². The van der Waals surface area contributed by atoms with Crippen LogP contribution in [0.15, 0.2) is 63.8 Å². The molecule has 19 aliphatic rings. The minimum atomic E-state index is -1.13. The summed E-state index contributed by atoms with van der Waals surface area (Å²) >= 11 is 0. The lowest BCUT2D eigenvalue weighted by molar-refractivity contribution is -0.284. The zero-order valence-corrected chi connectivity index (χ0v) is 45.5. The number of hydrogen-bond acceptors (Lipinski definition) is 8. The number of nitrogens with two attached hydrogens (primary N) is 1. The van der Waals surface area contributed by atoms with E-state index in [0.717, 1.165) is 62.9 Å². The number of piperidine rings is 2. The summed E-state index contributed by atoms with van der Waals surface area (Å²) in [6, 6.07) is 7.25. The van der Waals surface area contributed by atoms with E-state index in [1.165, 1.54) is 140 Å². The maximum atomic E-state index is 16.8. The van der Waals surface area contributed by atoms with Gasteiger partial charge in [0.05, 0.1) is 11.0 Å². The van der Waals surface area contributed by atoms with Gasteiger partial charge >= 0.3 is 11.9 Å². The molecule has 1 aromatic rings. The summed E-state index contributed by atoms with van der Waals surface area (Å²) in [6.45, 7) is 6.57. The monoisotopic (exact) mass is 1010 g/mol. The molecular formula is C67H87N3O5. The molecule has 9 fully saturated rings. The van der Waals surface area contributed by atoms with Crippen molar-refractivity contribution in [3.63, 3.8) is 0 Å². The second kappa shape index (κ2) is 15.9. The molecule has 400 valence electrons. The number of fused-ring (bicyclic) bond motifs is 4. The largest absolute Gasteiger partial charge is 0.509 e. The van der Waals surface area contributed by atoms with Crippen LogP contribution in [0.5, 0.6) is 0 Å². The Bertz CT molecular complexity index is 2810. The van der Waals surface area contributed by atoms with E-state index in [9.17, 15) is 5.11 Å². The second-order valence-corrected chi connectivity index (χ2v) is 29.6. The third kappa shape index (κ3) is 5.52. The van der Waals surface area contributed by atoms with Crippen LogP contribution in [0.3, 0.4) is 0 Å². The highest BCUT2D eigenvalue weighted by Gasteiger charge is 2.94. The number of carbonyl (C=O) groups excluding carboxylic acids is 2. The molecule has 0 amide bonds. The Morgan fingerprint density at radius 3 is 2.48 bits per heavy atom. The van der Waals surface area contributed by atoms with Crippen LogP contribution in [0.4, 0.5) is 0 Å². The maximum absolute atomic E-state index is 16.8. The van der Waals surface area contributed by atoms with Crippen LogP contribution in [0.2, 0.25) is 0 Å². The number of aryl methyl sites for hydroxylation is 1. The van der Waals surface area contributed by atoms with Gasteiger partial charge < -0.3 is 25.2 Å². The highest BCUT2D eigenvalue weighted by Crippen LogP contribution is 2.89. The maximum Gasteiger partial charge on any atom is 0.339 e. The molecule has 14 bridgehead atoms. The molecule has 9 heterocycles. The average Bonchev–Trinajstić information content (AvgIpc) is 3.99. The number of nitrogens with zero attached hydrogens (tertiary/aromatic N) is 2. The van der Waals surface area contributed by atoms with E-state index in [-0.39, 0.29) is 35.2 Å². The number of esters is 2. The SMILES string of the molecule is CC1CC2=C3C4C5=C6C7CC14CCC7=CC(C1CCCCC1)CC1C64C(=O)OC(=C(O)CC(C6CCCC7(CCCC78CCCC8)C6)N6CC7CC(C6)C(CC2)N3C7)C4(CC5)C12OC(=O)c1c(CCCN)cccc12. The fourth-order valence-electron chi connectivity index (χ4n) is 25.2. The number of carbonyl (C=O) groups is 2.